The van der Waals surface area contributed by atoms with Crippen molar-refractivity contribution in [1.29, 1.82) is 0 Å². The molecule has 0 bridgehead atoms. The third kappa shape index (κ3) is 1.88. The molecule has 2 aromatic rings. The van der Waals surface area contributed by atoms with E-state index in [9.17, 15) is 14.7 Å². The number of phenols is 1. The maximum absolute atomic E-state index is 11.6. The summed E-state index contributed by atoms with van der Waals surface area (Å²) < 4.78 is 13.9. The molecule has 0 aliphatic heterocycles. The number of phenolic OH excluding ortho intramolecular Hbond substituents is 1. The highest BCUT2D eigenvalue weighted by Crippen LogP contribution is 2.29. The van der Waals surface area contributed by atoms with Crippen LogP contribution < -0.4 is 10.4 Å². The van der Waals surface area contributed by atoms with E-state index >= 15 is 0 Å². The van der Waals surface area contributed by atoms with Crippen molar-refractivity contribution in [3.8, 4) is 11.5 Å². The van der Waals surface area contributed by atoms with Gasteiger partial charge in [-0.25, -0.2) is 9.59 Å². The van der Waals surface area contributed by atoms with Crippen LogP contribution >= 0.6 is 0 Å². The van der Waals surface area contributed by atoms with E-state index in [0.717, 1.165) is 7.11 Å². The number of methoxy groups -OCH3 is 1. The molecule has 2 rings (SSSR count). The van der Waals surface area contributed by atoms with Gasteiger partial charge < -0.3 is 19.0 Å². The van der Waals surface area contributed by atoms with Gasteiger partial charge in [-0.15, -0.1) is 0 Å². The monoisotopic (exact) mass is 250 g/mol. The molecule has 1 aromatic heterocycles. The van der Waals surface area contributed by atoms with E-state index in [0.29, 0.717) is 10.9 Å². The molecule has 0 fully saturated rings. The molecule has 0 unspecified atom stereocenters. The Morgan fingerprint density at radius 3 is 2.78 bits per heavy atom. The fourth-order valence-corrected chi connectivity index (χ4v) is 1.59. The Balaban J connectivity index is 2.70. The van der Waals surface area contributed by atoms with Gasteiger partial charge in [0.1, 0.15) is 0 Å². The zero-order valence-electron chi connectivity index (χ0n) is 9.72. The molecule has 0 aliphatic rings. The van der Waals surface area contributed by atoms with Gasteiger partial charge in [-0.05, 0) is 13.0 Å². The average Bonchev–Trinajstić information content (AvgIpc) is 2.35. The van der Waals surface area contributed by atoms with Crippen molar-refractivity contribution in [3.05, 3.63) is 34.2 Å². The van der Waals surface area contributed by atoms with Crippen LogP contribution in [0, 0.1) is 6.92 Å². The molecule has 6 nitrogen and oxygen atoms in total. The van der Waals surface area contributed by atoms with Crippen LogP contribution in [0.1, 0.15) is 5.56 Å². The predicted octanol–water partition coefficient (Wildman–Crippen LogP) is 1.95. The smallest absolute Gasteiger partial charge is 0.504 e. The van der Waals surface area contributed by atoms with Gasteiger partial charge in [0.15, 0.2) is 11.3 Å². The number of carbonyl (C=O) groups excluding carboxylic acids is 1. The molecule has 0 aliphatic carbocycles. The maximum atomic E-state index is 11.6. The largest absolute Gasteiger partial charge is 0.513 e. The van der Waals surface area contributed by atoms with Crippen molar-refractivity contribution < 1.29 is 23.8 Å². The van der Waals surface area contributed by atoms with Crippen molar-refractivity contribution in [3.63, 3.8) is 0 Å². The number of para-hydroxylation sites is 1. The number of rotatable bonds is 1. The van der Waals surface area contributed by atoms with E-state index in [2.05, 4.69) is 4.74 Å². The van der Waals surface area contributed by atoms with Crippen LogP contribution in [0.2, 0.25) is 0 Å². The van der Waals surface area contributed by atoms with Crippen LogP contribution in [-0.4, -0.2) is 18.4 Å². The summed E-state index contributed by atoms with van der Waals surface area (Å²) in [5.41, 5.74) is -0.410. The van der Waals surface area contributed by atoms with Crippen molar-refractivity contribution in [2.45, 2.75) is 6.92 Å². The SMILES string of the molecule is COC(=O)Oc1c(C)c2cccc(O)c2oc1=O. The fourth-order valence-electron chi connectivity index (χ4n) is 1.59. The van der Waals surface area contributed by atoms with E-state index in [4.69, 9.17) is 9.15 Å². The van der Waals surface area contributed by atoms with Crippen molar-refractivity contribution >= 4 is 17.1 Å². The topological polar surface area (TPSA) is 86.0 Å². The molecular formula is C12H10O6. The molecule has 6 heteroatoms. The third-order valence-electron chi connectivity index (χ3n) is 2.47. The number of carbonyl (C=O) groups is 1. The number of aromatic hydroxyl groups is 1. The molecule has 0 saturated heterocycles. The third-order valence-corrected chi connectivity index (χ3v) is 2.47. The number of aryl methyl sites for hydroxylation is 1. The average molecular weight is 250 g/mol. The summed E-state index contributed by atoms with van der Waals surface area (Å²) in [5, 5.41) is 10.1. The van der Waals surface area contributed by atoms with Crippen molar-refractivity contribution in [2.24, 2.45) is 0 Å². The Morgan fingerprint density at radius 2 is 2.11 bits per heavy atom. The highest BCUT2D eigenvalue weighted by atomic mass is 16.7. The summed E-state index contributed by atoms with van der Waals surface area (Å²) in [4.78, 5) is 22.7. The van der Waals surface area contributed by atoms with Gasteiger partial charge in [-0.3, -0.25) is 0 Å². The molecule has 1 N–H and O–H groups in total. The zero-order valence-corrected chi connectivity index (χ0v) is 9.72. The number of ether oxygens (including phenoxy) is 2. The van der Waals surface area contributed by atoms with Gasteiger partial charge in [0.25, 0.3) is 0 Å². The fraction of sp³-hybridized carbons (Fsp3) is 0.167. The second-order valence-electron chi connectivity index (χ2n) is 3.55. The number of hydrogen-bond acceptors (Lipinski definition) is 6. The van der Waals surface area contributed by atoms with Gasteiger partial charge in [-0.1, -0.05) is 12.1 Å². The lowest BCUT2D eigenvalue weighted by Crippen LogP contribution is -2.15. The lowest BCUT2D eigenvalue weighted by molar-refractivity contribution is 0.119. The Kier molecular flexibility index (Phi) is 2.93. The van der Waals surface area contributed by atoms with Crippen LogP contribution in [0.25, 0.3) is 11.0 Å². The van der Waals surface area contributed by atoms with Crippen molar-refractivity contribution in [2.75, 3.05) is 7.11 Å². The van der Waals surface area contributed by atoms with E-state index in [1.807, 2.05) is 0 Å². The molecule has 0 radical (unpaired) electrons. The summed E-state index contributed by atoms with van der Waals surface area (Å²) in [5.74, 6) is -0.405. The summed E-state index contributed by atoms with van der Waals surface area (Å²) in [6.45, 7) is 1.58. The van der Waals surface area contributed by atoms with Crippen LogP contribution in [0.15, 0.2) is 27.4 Å². The molecule has 0 amide bonds. The Bertz CT molecular complexity index is 670. The normalized spacial score (nSPS) is 10.3. The Hall–Kier alpha value is -2.50. The zero-order chi connectivity index (χ0) is 13.3. The molecule has 1 aromatic carbocycles. The van der Waals surface area contributed by atoms with E-state index < -0.39 is 11.8 Å². The van der Waals surface area contributed by atoms with Gasteiger partial charge >= 0.3 is 11.8 Å². The first-order chi connectivity index (χ1) is 8.54. The maximum Gasteiger partial charge on any atom is 0.513 e. The van der Waals surface area contributed by atoms with Gasteiger partial charge in [0.05, 0.1) is 7.11 Å². The molecule has 94 valence electrons. The van der Waals surface area contributed by atoms with E-state index in [1.54, 1.807) is 19.1 Å². The minimum atomic E-state index is -1.01. The van der Waals surface area contributed by atoms with Crippen molar-refractivity contribution in [1.82, 2.24) is 0 Å². The minimum Gasteiger partial charge on any atom is -0.504 e. The number of benzene rings is 1. The van der Waals surface area contributed by atoms with Gasteiger partial charge in [0, 0.05) is 10.9 Å². The second-order valence-corrected chi connectivity index (χ2v) is 3.55. The summed E-state index contributed by atoms with van der Waals surface area (Å²) in [6.07, 6.45) is -1.01. The summed E-state index contributed by atoms with van der Waals surface area (Å²) >= 11 is 0. The number of hydrogen-bond donors (Lipinski definition) is 1. The van der Waals surface area contributed by atoms with E-state index in [1.165, 1.54) is 6.07 Å². The Labute approximate surface area is 101 Å². The standard InChI is InChI=1S/C12H10O6/c1-6-7-4-3-5-8(13)10(7)17-11(14)9(6)18-12(15)16-2/h3-5,13H,1-2H3. The quantitative estimate of drug-likeness (QED) is 0.615. The molecule has 0 saturated carbocycles. The van der Waals surface area contributed by atoms with Gasteiger partial charge in [0.2, 0.25) is 5.75 Å². The lowest BCUT2D eigenvalue weighted by atomic mass is 10.1. The van der Waals surface area contributed by atoms with Crippen LogP contribution in [0.4, 0.5) is 4.79 Å². The lowest BCUT2D eigenvalue weighted by Gasteiger charge is -2.07. The summed E-state index contributed by atoms with van der Waals surface area (Å²) in [6, 6.07) is 4.62. The first-order valence-electron chi connectivity index (χ1n) is 5.05. The summed E-state index contributed by atoms with van der Waals surface area (Å²) in [7, 11) is 1.13. The molecular weight excluding hydrogens is 240 g/mol. The second kappa shape index (κ2) is 4.40. The molecule has 1 heterocycles. The minimum absolute atomic E-state index is 0.0530. The Morgan fingerprint density at radius 1 is 1.39 bits per heavy atom. The molecule has 18 heavy (non-hydrogen) atoms. The molecule has 0 spiro atoms. The van der Waals surface area contributed by atoms with Gasteiger partial charge in [-0.2, -0.15) is 0 Å². The first kappa shape index (κ1) is 12.0. The predicted molar refractivity (Wildman–Crippen MR) is 61.9 cm³/mol. The highest BCUT2D eigenvalue weighted by molar-refractivity contribution is 5.87. The number of fused-ring (bicyclic) bond motifs is 1. The highest BCUT2D eigenvalue weighted by Gasteiger charge is 2.17. The van der Waals surface area contributed by atoms with Crippen LogP contribution in [0.3, 0.4) is 0 Å². The van der Waals surface area contributed by atoms with Crippen LogP contribution in [0.5, 0.6) is 11.5 Å². The van der Waals surface area contributed by atoms with E-state index in [-0.39, 0.29) is 17.1 Å². The first-order valence-corrected chi connectivity index (χ1v) is 5.05. The van der Waals surface area contributed by atoms with Crippen LogP contribution in [-0.2, 0) is 4.74 Å². The molecule has 0 atom stereocenters.